The molecule has 162 valence electrons. The Bertz CT molecular complexity index is 1190. The van der Waals surface area contributed by atoms with Crippen LogP contribution >= 0.6 is 11.6 Å². The first kappa shape index (κ1) is 19.9. The number of halogens is 1. The SMILES string of the molecule is Cc1ccc(Cl)cc1NC(=O)c1ccc2c(c1)[C@@H]1[C@H]3CC[C@@H](C3)[C@@H]1[C@@H](c1ccccc1)N2. The average Bonchev–Trinajstić information content (AvgIpc) is 3.44. The summed E-state index contributed by atoms with van der Waals surface area (Å²) < 4.78 is 0. The smallest absolute Gasteiger partial charge is 0.255 e. The first-order valence-corrected chi connectivity index (χ1v) is 12.0. The Morgan fingerprint density at radius 2 is 1.81 bits per heavy atom. The van der Waals surface area contributed by atoms with Gasteiger partial charge in [-0.15, -0.1) is 0 Å². The zero-order chi connectivity index (χ0) is 21.8. The maximum absolute atomic E-state index is 13.1. The van der Waals surface area contributed by atoms with E-state index in [0.29, 0.717) is 28.5 Å². The summed E-state index contributed by atoms with van der Waals surface area (Å²) >= 11 is 6.14. The van der Waals surface area contributed by atoms with Crippen LogP contribution in [0, 0.1) is 24.7 Å². The lowest BCUT2D eigenvalue weighted by atomic mass is 9.68. The summed E-state index contributed by atoms with van der Waals surface area (Å²) in [6.45, 7) is 1.98. The molecule has 2 bridgehead atoms. The Morgan fingerprint density at radius 1 is 1.00 bits per heavy atom. The number of hydrogen-bond acceptors (Lipinski definition) is 2. The number of fused-ring (bicyclic) bond motifs is 7. The molecule has 3 aromatic rings. The van der Waals surface area contributed by atoms with Gasteiger partial charge in [0.15, 0.2) is 0 Å². The van der Waals surface area contributed by atoms with Gasteiger partial charge in [0.25, 0.3) is 5.91 Å². The van der Waals surface area contributed by atoms with E-state index in [1.165, 1.54) is 36.1 Å². The molecule has 0 aromatic heterocycles. The number of hydrogen-bond donors (Lipinski definition) is 2. The number of carbonyl (C=O) groups excluding carboxylic acids is 1. The van der Waals surface area contributed by atoms with Crippen molar-refractivity contribution in [3.63, 3.8) is 0 Å². The molecule has 0 spiro atoms. The predicted molar refractivity (Wildman–Crippen MR) is 130 cm³/mol. The van der Waals surface area contributed by atoms with Gasteiger partial charge < -0.3 is 10.6 Å². The van der Waals surface area contributed by atoms with Crippen LogP contribution in [0.1, 0.15) is 58.3 Å². The van der Waals surface area contributed by atoms with Gasteiger partial charge in [0.05, 0.1) is 6.04 Å². The molecule has 0 unspecified atom stereocenters. The number of nitrogens with one attached hydrogen (secondary N) is 2. The molecule has 5 atom stereocenters. The second-order valence-corrected chi connectivity index (χ2v) is 10.1. The van der Waals surface area contributed by atoms with Gasteiger partial charge in [-0.1, -0.05) is 48.0 Å². The third-order valence-corrected chi connectivity index (χ3v) is 8.19. The van der Waals surface area contributed by atoms with Gasteiger partial charge in [0.2, 0.25) is 0 Å². The Kier molecular flexibility index (Phi) is 4.76. The molecule has 32 heavy (non-hydrogen) atoms. The molecular weight excluding hydrogens is 416 g/mol. The molecule has 2 aliphatic carbocycles. The van der Waals surface area contributed by atoms with E-state index in [-0.39, 0.29) is 5.91 Å². The van der Waals surface area contributed by atoms with Gasteiger partial charge in [-0.25, -0.2) is 0 Å². The van der Waals surface area contributed by atoms with Crippen LogP contribution in [0.2, 0.25) is 5.02 Å². The Balaban J connectivity index is 1.35. The summed E-state index contributed by atoms with van der Waals surface area (Å²) in [7, 11) is 0. The molecule has 2 fully saturated rings. The quantitative estimate of drug-likeness (QED) is 0.450. The van der Waals surface area contributed by atoms with Gasteiger partial charge in [-0.05, 0) is 96.9 Å². The molecule has 1 heterocycles. The molecule has 0 radical (unpaired) electrons. The summed E-state index contributed by atoms with van der Waals surface area (Å²) in [4.78, 5) is 13.1. The third kappa shape index (κ3) is 3.22. The van der Waals surface area contributed by atoms with Crippen molar-refractivity contribution in [3.8, 4) is 0 Å². The van der Waals surface area contributed by atoms with Gasteiger partial charge in [0, 0.05) is 22.0 Å². The van der Waals surface area contributed by atoms with Crippen molar-refractivity contribution in [1.82, 2.24) is 0 Å². The predicted octanol–water partition coefficient (Wildman–Crippen LogP) is 7.20. The summed E-state index contributed by atoms with van der Waals surface area (Å²) in [6, 6.07) is 23.0. The lowest BCUT2D eigenvalue weighted by molar-refractivity contribution is 0.102. The Morgan fingerprint density at radius 3 is 2.66 bits per heavy atom. The number of amides is 1. The Hall–Kier alpha value is -2.78. The first-order valence-electron chi connectivity index (χ1n) is 11.6. The van der Waals surface area contributed by atoms with Crippen molar-refractivity contribution >= 4 is 28.9 Å². The topological polar surface area (TPSA) is 41.1 Å². The van der Waals surface area contributed by atoms with Crippen LogP contribution in [0.25, 0.3) is 0 Å². The fourth-order valence-corrected chi connectivity index (χ4v) is 6.71. The standard InChI is InChI=1S/C28H27ClN2O/c1-16-7-11-21(29)15-24(16)31-28(32)20-10-12-23-22(14-20)25-18-8-9-19(13-18)26(25)27(30-23)17-5-3-2-4-6-17/h2-7,10-12,14-15,18-19,25-27,30H,8-9,13H2,1H3,(H,31,32)/t18-,19-,25-,26-,27+/m0/s1. The molecule has 1 amide bonds. The van der Waals surface area contributed by atoms with E-state index in [1.807, 2.05) is 31.2 Å². The largest absolute Gasteiger partial charge is 0.378 e. The summed E-state index contributed by atoms with van der Waals surface area (Å²) in [5.41, 5.74) is 6.36. The van der Waals surface area contributed by atoms with E-state index in [0.717, 1.165) is 23.1 Å². The highest BCUT2D eigenvalue weighted by atomic mass is 35.5. The van der Waals surface area contributed by atoms with Crippen molar-refractivity contribution < 1.29 is 4.79 Å². The van der Waals surface area contributed by atoms with Crippen LogP contribution in [0.5, 0.6) is 0 Å². The van der Waals surface area contributed by atoms with Crippen molar-refractivity contribution in [2.75, 3.05) is 10.6 Å². The zero-order valence-corrected chi connectivity index (χ0v) is 18.9. The van der Waals surface area contributed by atoms with Crippen molar-refractivity contribution in [2.24, 2.45) is 17.8 Å². The average molecular weight is 443 g/mol. The molecule has 1 aliphatic heterocycles. The summed E-state index contributed by atoms with van der Waals surface area (Å²) in [5, 5.41) is 7.53. The maximum atomic E-state index is 13.1. The lowest BCUT2D eigenvalue weighted by Gasteiger charge is -2.43. The first-order chi connectivity index (χ1) is 15.6. The summed E-state index contributed by atoms with van der Waals surface area (Å²) in [5.74, 6) is 2.53. The van der Waals surface area contributed by atoms with Crippen LogP contribution in [0.15, 0.2) is 66.7 Å². The van der Waals surface area contributed by atoms with Gasteiger partial charge in [-0.2, -0.15) is 0 Å². The zero-order valence-electron chi connectivity index (χ0n) is 18.1. The van der Waals surface area contributed by atoms with E-state index < -0.39 is 0 Å². The van der Waals surface area contributed by atoms with Crippen LogP contribution in [0.3, 0.4) is 0 Å². The highest BCUT2D eigenvalue weighted by Crippen LogP contribution is 2.63. The molecule has 2 saturated carbocycles. The van der Waals surface area contributed by atoms with Crippen molar-refractivity contribution in [2.45, 2.75) is 38.1 Å². The summed E-state index contributed by atoms with van der Waals surface area (Å²) in [6.07, 6.45) is 3.96. The molecule has 3 aliphatic rings. The maximum Gasteiger partial charge on any atom is 0.255 e. The number of carbonyl (C=O) groups is 1. The molecule has 3 nitrogen and oxygen atoms in total. The number of anilines is 2. The van der Waals surface area contributed by atoms with E-state index in [1.54, 1.807) is 0 Å². The molecule has 2 N–H and O–H groups in total. The minimum absolute atomic E-state index is 0.0805. The minimum Gasteiger partial charge on any atom is -0.378 e. The molecule has 4 heteroatoms. The highest BCUT2D eigenvalue weighted by molar-refractivity contribution is 6.31. The molecular formula is C28H27ClN2O. The van der Waals surface area contributed by atoms with E-state index in [4.69, 9.17) is 11.6 Å². The molecule has 0 saturated heterocycles. The lowest BCUT2D eigenvalue weighted by Crippen LogP contribution is -2.35. The molecule has 3 aromatic carbocycles. The number of rotatable bonds is 3. The van der Waals surface area contributed by atoms with Gasteiger partial charge in [-0.3, -0.25) is 4.79 Å². The van der Waals surface area contributed by atoms with Crippen LogP contribution in [-0.4, -0.2) is 5.91 Å². The monoisotopic (exact) mass is 442 g/mol. The van der Waals surface area contributed by atoms with Crippen LogP contribution in [0.4, 0.5) is 11.4 Å². The second kappa shape index (κ2) is 7.67. The van der Waals surface area contributed by atoms with E-state index >= 15 is 0 Å². The Labute approximate surface area is 194 Å². The van der Waals surface area contributed by atoms with Gasteiger partial charge >= 0.3 is 0 Å². The number of aryl methyl sites for hydroxylation is 1. The van der Waals surface area contributed by atoms with Crippen LogP contribution < -0.4 is 10.6 Å². The van der Waals surface area contributed by atoms with E-state index in [9.17, 15) is 4.79 Å². The second-order valence-electron chi connectivity index (χ2n) is 9.68. The highest BCUT2D eigenvalue weighted by Gasteiger charge is 2.53. The fourth-order valence-electron chi connectivity index (χ4n) is 6.54. The van der Waals surface area contributed by atoms with Crippen molar-refractivity contribution in [1.29, 1.82) is 0 Å². The third-order valence-electron chi connectivity index (χ3n) is 7.96. The molecule has 6 rings (SSSR count). The fraction of sp³-hybridized carbons (Fsp3) is 0.321. The van der Waals surface area contributed by atoms with Crippen LogP contribution in [-0.2, 0) is 0 Å². The normalized spacial score (nSPS) is 27.4. The van der Waals surface area contributed by atoms with Crippen molar-refractivity contribution in [3.05, 3.63) is 94.0 Å². The minimum atomic E-state index is -0.0805. The van der Waals surface area contributed by atoms with Gasteiger partial charge in [0.1, 0.15) is 0 Å². The van der Waals surface area contributed by atoms with E-state index in [2.05, 4.69) is 53.1 Å². The number of benzene rings is 3.